The smallest absolute Gasteiger partial charge is 0.319 e. The number of ether oxygens (including phenoxy) is 2. The summed E-state index contributed by atoms with van der Waals surface area (Å²) in [5.41, 5.74) is 5.46. The van der Waals surface area contributed by atoms with E-state index in [9.17, 15) is 4.79 Å². The van der Waals surface area contributed by atoms with Gasteiger partial charge in [0.15, 0.2) is 0 Å². The third kappa shape index (κ3) is 3.21. The van der Waals surface area contributed by atoms with Crippen LogP contribution in [-0.4, -0.2) is 55.3 Å². The quantitative estimate of drug-likeness (QED) is 0.491. The summed E-state index contributed by atoms with van der Waals surface area (Å²) < 4.78 is 9.89. The van der Waals surface area contributed by atoms with Gasteiger partial charge >= 0.3 is 5.97 Å². The molecule has 1 fully saturated rings. The molecular formula is C8H14N2O3S. The minimum absolute atomic E-state index is 0.247. The molecule has 0 spiro atoms. The van der Waals surface area contributed by atoms with Crippen LogP contribution in [0.4, 0.5) is 0 Å². The van der Waals surface area contributed by atoms with Gasteiger partial charge in [-0.05, 0) is 0 Å². The molecule has 0 aromatic carbocycles. The van der Waals surface area contributed by atoms with Crippen molar-refractivity contribution in [2.24, 2.45) is 5.73 Å². The molecular weight excluding hydrogens is 204 g/mol. The minimum atomic E-state index is -0.256. The fraction of sp³-hybridized carbons (Fsp3) is 0.750. The molecule has 1 heterocycles. The Morgan fingerprint density at radius 2 is 2.50 bits per heavy atom. The van der Waals surface area contributed by atoms with Gasteiger partial charge in [-0.25, -0.2) is 0 Å². The molecule has 0 amide bonds. The lowest BCUT2D eigenvalue weighted by Gasteiger charge is -2.31. The zero-order valence-electron chi connectivity index (χ0n) is 8.06. The molecule has 1 rings (SSSR count). The second-order valence-electron chi connectivity index (χ2n) is 3.07. The van der Waals surface area contributed by atoms with Crippen molar-refractivity contribution in [3.8, 4) is 0 Å². The van der Waals surface area contributed by atoms with E-state index in [4.69, 9.17) is 22.7 Å². The molecule has 1 saturated heterocycles. The largest absolute Gasteiger partial charge is 0.468 e. The topological polar surface area (TPSA) is 64.8 Å². The molecule has 0 aromatic heterocycles. The summed E-state index contributed by atoms with van der Waals surface area (Å²) in [5.74, 6) is -0.256. The van der Waals surface area contributed by atoms with Crippen molar-refractivity contribution in [2.75, 3.05) is 33.4 Å². The second kappa shape index (κ2) is 5.23. The van der Waals surface area contributed by atoms with E-state index in [2.05, 4.69) is 4.74 Å². The van der Waals surface area contributed by atoms with Crippen molar-refractivity contribution >= 4 is 23.2 Å². The first-order valence-electron chi connectivity index (χ1n) is 4.33. The first kappa shape index (κ1) is 11.4. The first-order chi connectivity index (χ1) is 6.63. The molecule has 1 atom stereocenters. The summed E-state index contributed by atoms with van der Waals surface area (Å²) in [6.07, 6.45) is -0.247. The predicted molar refractivity (Wildman–Crippen MR) is 55.0 cm³/mol. The zero-order chi connectivity index (χ0) is 10.6. The Kier molecular flexibility index (Phi) is 4.24. The zero-order valence-corrected chi connectivity index (χ0v) is 8.88. The third-order valence-corrected chi connectivity index (χ3v) is 2.31. The van der Waals surface area contributed by atoms with Gasteiger partial charge in [0.25, 0.3) is 0 Å². The van der Waals surface area contributed by atoms with E-state index in [1.165, 1.54) is 7.11 Å². The summed E-state index contributed by atoms with van der Waals surface area (Å²) in [6, 6.07) is 0. The Bertz CT molecular complexity index is 235. The summed E-state index contributed by atoms with van der Waals surface area (Å²) in [7, 11) is 1.37. The van der Waals surface area contributed by atoms with E-state index in [1.54, 1.807) is 0 Å². The number of morpholine rings is 1. The van der Waals surface area contributed by atoms with E-state index >= 15 is 0 Å². The summed E-state index contributed by atoms with van der Waals surface area (Å²) >= 11 is 4.82. The molecule has 0 radical (unpaired) electrons. The van der Waals surface area contributed by atoms with Crippen LogP contribution in [0.5, 0.6) is 0 Å². The highest BCUT2D eigenvalue weighted by Crippen LogP contribution is 2.05. The second-order valence-corrected chi connectivity index (χ2v) is 3.54. The fourth-order valence-corrected chi connectivity index (χ4v) is 1.41. The van der Waals surface area contributed by atoms with E-state index in [1.807, 2.05) is 4.90 Å². The van der Waals surface area contributed by atoms with Gasteiger partial charge < -0.3 is 15.2 Å². The lowest BCUT2D eigenvalue weighted by Crippen LogP contribution is -2.49. The SMILES string of the molecule is COC(=O)CN1CCOC(C(N)=S)C1. The average Bonchev–Trinajstić information content (AvgIpc) is 2.18. The normalized spacial score (nSPS) is 23.1. The number of hydrogen-bond acceptors (Lipinski definition) is 5. The number of methoxy groups -OCH3 is 1. The van der Waals surface area contributed by atoms with E-state index < -0.39 is 0 Å². The molecule has 6 heteroatoms. The lowest BCUT2D eigenvalue weighted by molar-refractivity contribution is -0.143. The number of thiocarbonyl (C=S) groups is 1. The van der Waals surface area contributed by atoms with Crippen LogP contribution in [0, 0.1) is 0 Å². The Labute approximate surface area is 88.1 Å². The van der Waals surface area contributed by atoms with Gasteiger partial charge in [0.1, 0.15) is 11.1 Å². The maximum atomic E-state index is 11.0. The molecule has 80 valence electrons. The lowest BCUT2D eigenvalue weighted by atomic mass is 10.2. The van der Waals surface area contributed by atoms with Crippen molar-refractivity contribution in [3.63, 3.8) is 0 Å². The van der Waals surface area contributed by atoms with Crippen LogP contribution in [0.1, 0.15) is 0 Å². The Hall–Kier alpha value is -0.720. The van der Waals surface area contributed by atoms with Crippen molar-refractivity contribution in [2.45, 2.75) is 6.10 Å². The van der Waals surface area contributed by atoms with E-state index in [-0.39, 0.29) is 18.6 Å². The number of hydrogen-bond donors (Lipinski definition) is 1. The van der Waals surface area contributed by atoms with Gasteiger partial charge in [0.2, 0.25) is 0 Å². The molecule has 0 aliphatic carbocycles. The Balaban J connectivity index is 2.40. The molecule has 14 heavy (non-hydrogen) atoms. The molecule has 2 N–H and O–H groups in total. The van der Waals surface area contributed by atoms with E-state index in [0.29, 0.717) is 24.7 Å². The minimum Gasteiger partial charge on any atom is -0.468 e. The monoisotopic (exact) mass is 218 g/mol. The number of nitrogens with two attached hydrogens (primary N) is 1. The number of esters is 1. The number of carbonyl (C=O) groups excluding carboxylic acids is 1. The first-order valence-corrected chi connectivity index (χ1v) is 4.74. The van der Waals surface area contributed by atoms with Crippen LogP contribution >= 0.6 is 12.2 Å². The molecule has 1 aliphatic heterocycles. The molecule has 5 nitrogen and oxygen atoms in total. The van der Waals surface area contributed by atoms with Crippen LogP contribution in [0.2, 0.25) is 0 Å². The fourth-order valence-electron chi connectivity index (χ4n) is 1.27. The maximum absolute atomic E-state index is 11.0. The number of nitrogens with zero attached hydrogens (tertiary/aromatic N) is 1. The van der Waals surface area contributed by atoms with Crippen LogP contribution in [0.15, 0.2) is 0 Å². The summed E-state index contributed by atoms with van der Waals surface area (Å²) in [4.78, 5) is 13.2. The van der Waals surface area contributed by atoms with Crippen molar-refractivity contribution in [1.82, 2.24) is 4.90 Å². The van der Waals surface area contributed by atoms with Gasteiger partial charge in [-0.3, -0.25) is 9.69 Å². The molecule has 0 aromatic rings. The molecule has 0 bridgehead atoms. The van der Waals surface area contributed by atoms with Crippen LogP contribution in [0.25, 0.3) is 0 Å². The Morgan fingerprint density at radius 3 is 3.07 bits per heavy atom. The van der Waals surface area contributed by atoms with Crippen molar-refractivity contribution < 1.29 is 14.3 Å². The van der Waals surface area contributed by atoms with Crippen LogP contribution in [-0.2, 0) is 14.3 Å². The van der Waals surface area contributed by atoms with Gasteiger partial charge in [0, 0.05) is 13.1 Å². The van der Waals surface area contributed by atoms with Gasteiger partial charge in [-0.1, -0.05) is 12.2 Å². The highest BCUT2D eigenvalue weighted by atomic mass is 32.1. The average molecular weight is 218 g/mol. The number of rotatable bonds is 3. The third-order valence-electron chi connectivity index (χ3n) is 2.05. The van der Waals surface area contributed by atoms with E-state index in [0.717, 1.165) is 0 Å². The van der Waals surface area contributed by atoms with Gasteiger partial charge in [-0.15, -0.1) is 0 Å². The summed E-state index contributed by atoms with van der Waals surface area (Å²) in [5, 5.41) is 0. The maximum Gasteiger partial charge on any atom is 0.319 e. The van der Waals surface area contributed by atoms with Gasteiger partial charge in [0.05, 0.1) is 20.3 Å². The highest BCUT2D eigenvalue weighted by molar-refractivity contribution is 7.80. The molecule has 1 aliphatic rings. The van der Waals surface area contributed by atoms with Crippen LogP contribution < -0.4 is 5.73 Å². The summed E-state index contributed by atoms with van der Waals surface area (Å²) in [6.45, 7) is 2.07. The van der Waals surface area contributed by atoms with Crippen molar-refractivity contribution in [3.05, 3.63) is 0 Å². The highest BCUT2D eigenvalue weighted by Gasteiger charge is 2.23. The molecule has 1 unspecified atom stereocenters. The van der Waals surface area contributed by atoms with Crippen molar-refractivity contribution in [1.29, 1.82) is 0 Å². The molecule has 0 saturated carbocycles. The van der Waals surface area contributed by atoms with Gasteiger partial charge in [-0.2, -0.15) is 0 Å². The number of carbonyl (C=O) groups is 1. The standard InChI is InChI=1S/C8H14N2O3S/c1-12-7(11)5-10-2-3-13-6(4-10)8(9)14/h6H,2-5H2,1H3,(H2,9,14). The predicted octanol–water partition coefficient (Wildman–Crippen LogP) is -0.854. The Morgan fingerprint density at radius 1 is 1.79 bits per heavy atom. The van der Waals surface area contributed by atoms with Crippen LogP contribution in [0.3, 0.4) is 0 Å².